The second-order valence-corrected chi connectivity index (χ2v) is 13.0. The van der Waals surface area contributed by atoms with Crippen LogP contribution in [0.2, 0.25) is 0 Å². The third kappa shape index (κ3) is 4.40. The van der Waals surface area contributed by atoms with Gasteiger partial charge in [0.2, 0.25) is 0 Å². The van der Waals surface area contributed by atoms with Gasteiger partial charge in [0.05, 0.1) is 0 Å². The van der Waals surface area contributed by atoms with E-state index in [9.17, 15) is 0 Å². The summed E-state index contributed by atoms with van der Waals surface area (Å²) in [6.07, 6.45) is 0. The average Bonchev–Trinajstić information content (AvgIpc) is 3.62. The van der Waals surface area contributed by atoms with Crippen LogP contribution in [0.15, 0.2) is 168 Å². The molecule has 0 saturated heterocycles. The highest BCUT2D eigenvalue weighted by Crippen LogP contribution is 2.50. The van der Waals surface area contributed by atoms with Crippen LogP contribution in [0.4, 0.5) is 17.1 Å². The Balaban J connectivity index is 1.17. The van der Waals surface area contributed by atoms with Crippen molar-refractivity contribution in [3.63, 3.8) is 0 Å². The number of anilines is 3. The molecule has 0 spiro atoms. The van der Waals surface area contributed by atoms with E-state index in [1.54, 1.807) is 0 Å². The van der Waals surface area contributed by atoms with Crippen molar-refractivity contribution >= 4 is 39.0 Å². The molecule has 0 aliphatic heterocycles. The molecule has 47 heavy (non-hydrogen) atoms. The summed E-state index contributed by atoms with van der Waals surface area (Å²) in [6.45, 7) is 4.66. The van der Waals surface area contributed by atoms with E-state index in [1.165, 1.54) is 33.4 Å². The van der Waals surface area contributed by atoms with Gasteiger partial charge in [0.25, 0.3) is 0 Å². The van der Waals surface area contributed by atoms with Gasteiger partial charge in [-0.1, -0.05) is 135 Å². The Morgan fingerprint density at radius 3 is 1.79 bits per heavy atom. The van der Waals surface area contributed by atoms with Crippen molar-refractivity contribution < 1.29 is 4.42 Å². The summed E-state index contributed by atoms with van der Waals surface area (Å²) >= 11 is 0. The maximum Gasteiger partial charge on any atom is 0.143 e. The highest BCUT2D eigenvalue weighted by atomic mass is 16.3. The van der Waals surface area contributed by atoms with Gasteiger partial charge in [-0.3, -0.25) is 0 Å². The van der Waals surface area contributed by atoms with E-state index in [1.807, 2.05) is 12.1 Å². The fourth-order valence-corrected chi connectivity index (χ4v) is 7.49. The Morgan fingerprint density at radius 2 is 1.00 bits per heavy atom. The quantitative estimate of drug-likeness (QED) is 0.195. The molecule has 2 nitrogen and oxygen atoms in total. The normalized spacial score (nSPS) is 13.1. The first-order valence-electron chi connectivity index (χ1n) is 16.3. The molecule has 0 atom stereocenters. The maximum atomic E-state index is 6.38. The van der Waals surface area contributed by atoms with Crippen LogP contribution in [0.5, 0.6) is 0 Å². The molecule has 1 aliphatic rings. The first-order valence-corrected chi connectivity index (χ1v) is 16.3. The van der Waals surface area contributed by atoms with E-state index in [4.69, 9.17) is 4.42 Å². The fraction of sp³-hybridized carbons (Fsp3) is 0.0667. The van der Waals surface area contributed by atoms with Crippen LogP contribution in [0.1, 0.15) is 25.0 Å². The fourth-order valence-electron chi connectivity index (χ4n) is 7.49. The lowest BCUT2D eigenvalue weighted by molar-refractivity contribution is 0.660. The zero-order valence-electron chi connectivity index (χ0n) is 26.4. The average molecular weight is 604 g/mol. The molecule has 0 amide bonds. The van der Waals surface area contributed by atoms with E-state index >= 15 is 0 Å². The molecule has 1 heterocycles. The number of fused-ring (bicyclic) bond motifs is 6. The summed E-state index contributed by atoms with van der Waals surface area (Å²) in [5, 5.41) is 2.29. The number of furan rings is 1. The highest BCUT2D eigenvalue weighted by molar-refractivity contribution is 6.09. The van der Waals surface area contributed by atoms with E-state index < -0.39 is 0 Å². The molecule has 0 fully saturated rings. The predicted molar refractivity (Wildman–Crippen MR) is 197 cm³/mol. The molecule has 9 rings (SSSR count). The van der Waals surface area contributed by atoms with E-state index in [0.717, 1.165) is 50.1 Å². The number of benzene rings is 7. The standard InChI is InChI=1S/C45H33NO/c1-45(2)41-17-8-6-13-37(41)40-29-35(27-28-42(40)45)46(33-23-19-31(20-24-33)30-11-4-3-5-12-30)34-25-21-32(22-26-34)36-15-10-16-39-38-14-7-9-18-43(38)47-44(36)39/h3-29H,1-2H3. The molecule has 1 aromatic heterocycles. The van der Waals surface area contributed by atoms with Gasteiger partial charge in [-0.15, -0.1) is 0 Å². The molecule has 2 heteroatoms. The molecule has 0 bridgehead atoms. The number of hydrogen-bond donors (Lipinski definition) is 0. The topological polar surface area (TPSA) is 16.4 Å². The minimum Gasteiger partial charge on any atom is -0.455 e. The summed E-state index contributed by atoms with van der Waals surface area (Å²) < 4.78 is 6.38. The zero-order chi connectivity index (χ0) is 31.5. The van der Waals surface area contributed by atoms with Gasteiger partial charge in [-0.2, -0.15) is 0 Å². The summed E-state index contributed by atoms with van der Waals surface area (Å²) in [5.74, 6) is 0. The molecule has 0 N–H and O–H groups in total. The van der Waals surface area contributed by atoms with Crippen LogP contribution in [-0.4, -0.2) is 0 Å². The molecule has 0 radical (unpaired) electrons. The first-order chi connectivity index (χ1) is 23.1. The van der Waals surface area contributed by atoms with Crippen molar-refractivity contribution in [1.82, 2.24) is 0 Å². The SMILES string of the molecule is CC1(C)c2ccccc2-c2cc(N(c3ccc(-c4ccccc4)cc3)c3ccc(-c4cccc5c4oc4ccccc45)cc3)ccc21. The third-order valence-electron chi connectivity index (χ3n) is 9.90. The first kappa shape index (κ1) is 27.5. The minimum atomic E-state index is -0.0358. The number of para-hydroxylation sites is 2. The number of hydrogen-bond acceptors (Lipinski definition) is 2. The number of nitrogens with zero attached hydrogens (tertiary/aromatic N) is 1. The lowest BCUT2D eigenvalue weighted by atomic mass is 9.82. The van der Waals surface area contributed by atoms with Gasteiger partial charge in [0.1, 0.15) is 11.2 Å². The van der Waals surface area contributed by atoms with Crippen LogP contribution in [-0.2, 0) is 5.41 Å². The number of rotatable bonds is 5. The highest BCUT2D eigenvalue weighted by Gasteiger charge is 2.35. The van der Waals surface area contributed by atoms with Gasteiger partial charge in [0.15, 0.2) is 0 Å². The summed E-state index contributed by atoms with van der Waals surface area (Å²) in [4.78, 5) is 2.37. The van der Waals surface area contributed by atoms with E-state index in [2.05, 4.69) is 170 Å². The second kappa shape index (κ2) is 10.6. The van der Waals surface area contributed by atoms with Crippen LogP contribution in [0, 0.1) is 0 Å². The van der Waals surface area contributed by atoms with Gasteiger partial charge < -0.3 is 9.32 Å². The Kier molecular flexibility index (Phi) is 6.20. The van der Waals surface area contributed by atoms with E-state index in [-0.39, 0.29) is 5.41 Å². The van der Waals surface area contributed by atoms with Crippen molar-refractivity contribution in [2.45, 2.75) is 19.3 Å². The lowest BCUT2D eigenvalue weighted by Crippen LogP contribution is -2.15. The third-order valence-corrected chi connectivity index (χ3v) is 9.90. The van der Waals surface area contributed by atoms with Gasteiger partial charge >= 0.3 is 0 Å². The molecule has 1 aliphatic carbocycles. The van der Waals surface area contributed by atoms with Crippen molar-refractivity contribution in [3.05, 3.63) is 175 Å². The predicted octanol–water partition coefficient (Wildman–Crippen LogP) is 12.7. The Labute approximate surface area is 275 Å². The van der Waals surface area contributed by atoms with Crippen LogP contribution >= 0.6 is 0 Å². The van der Waals surface area contributed by atoms with Crippen molar-refractivity contribution in [3.8, 4) is 33.4 Å². The molecule has 7 aromatic carbocycles. The minimum absolute atomic E-state index is 0.0358. The Morgan fingerprint density at radius 1 is 0.426 bits per heavy atom. The summed E-state index contributed by atoms with van der Waals surface area (Å²) in [6, 6.07) is 58.9. The van der Waals surface area contributed by atoms with Gasteiger partial charge in [-0.05, 0) is 81.4 Å². The van der Waals surface area contributed by atoms with Gasteiger partial charge in [0, 0.05) is 38.8 Å². The maximum absolute atomic E-state index is 6.38. The Hall–Kier alpha value is -5.86. The van der Waals surface area contributed by atoms with Gasteiger partial charge in [-0.25, -0.2) is 0 Å². The summed E-state index contributed by atoms with van der Waals surface area (Å²) in [5.41, 5.74) is 15.2. The molecule has 0 unspecified atom stereocenters. The van der Waals surface area contributed by atoms with Crippen molar-refractivity contribution in [1.29, 1.82) is 0 Å². The largest absolute Gasteiger partial charge is 0.455 e. The molecule has 8 aromatic rings. The molecule has 0 saturated carbocycles. The molecule has 224 valence electrons. The summed E-state index contributed by atoms with van der Waals surface area (Å²) in [7, 11) is 0. The van der Waals surface area contributed by atoms with E-state index in [0.29, 0.717) is 0 Å². The monoisotopic (exact) mass is 603 g/mol. The smallest absolute Gasteiger partial charge is 0.143 e. The van der Waals surface area contributed by atoms with Crippen LogP contribution < -0.4 is 4.90 Å². The Bertz CT molecular complexity index is 2410. The molecular weight excluding hydrogens is 571 g/mol. The van der Waals surface area contributed by atoms with Crippen LogP contribution in [0.3, 0.4) is 0 Å². The van der Waals surface area contributed by atoms with Crippen molar-refractivity contribution in [2.75, 3.05) is 4.90 Å². The second-order valence-electron chi connectivity index (χ2n) is 13.0. The molecular formula is C45H33NO. The zero-order valence-corrected chi connectivity index (χ0v) is 26.4. The van der Waals surface area contributed by atoms with Crippen LogP contribution in [0.25, 0.3) is 55.3 Å². The van der Waals surface area contributed by atoms with Crippen molar-refractivity contribution in [2.24, 2.45) is 0 Å². The lowest BCUT2D eigenvalue weighted by Gasteiger charge is -2.27.